The summed E-state index contributed by atoms with van der Waals surface area (Å²) in [6, 6.07) is 0. The van der Waals surface area contributed by atoms with Crippen molar-refractivity contribution in [3.05, 3.63) is 0 Å². The first-order valence-electron chi connectivity index (χ1n) is 5.81. The third-order valence-electron chi connectivity index (χ3n) is 3.25. The Balaban J connectivity index is 2.55. The zero-order valence-corrected chi connectivity index (χ0v) is 9.83. The molecule has 4 nitrogen and oxygen atoms in total. The van der Waals surface area contributed by atoms with Gasteiger partial charge in [-0.2, -0.15) is 0 Å². The van der Waals surface area contributed by atoms with E-state index in [2.05, 4.69) is 19.2 Å². The van der Waals surface area contributed by atoms with Gasteiger partial charge < -0.3 is 20.9 Å². The molecule has 0 amide bonds. The van der Waals surface area contributed by atoms with Gasteiger partial charge in [0, 0.05) is 25.2 Å². The first kappa shape index (κ1) is 12.9. The van der Waals surface area contributed by atoms with Crippen LogP contribution in [-0.4, -0.2) is 43.1 Å². The summed E-state index contributed by atoms with van der Waals surface area (Å²) in [5.41, 5.74) is 5.81. The van der Waals surface area contributed by atoms with Gasteiger partial charge in [-0.15, -0.1) is 0 Å². The van der Waals surface area contributed by atoms with Crippen molar-refractivity contribution in [2.45, 2.75) is 38.3 Å². The van der Waals surface area contributed by atoms with E-state index in [1.807, 2.05) is 0 Å². The monoisotopic (exact) mass is 216 g/mol. The molecule has 0 saturated carbocycles. The van der Waals surface area contributed by atoms with Gasteiger partial charge in [0.25, 0.3) is 0 Å². The summed E-state index contributed by atoms with van der Waals surface area (Å²) in [4.78, 5) is 0. The maximum Gasteiger partial charge on any atom is 0.0616 e. The first-order chi connectivity index (χ1) is 7.13. The van der Waals surface area contributed by atoms with E-state index in [0.29, 0.717) is 19.0 Å². The maximum absolute atomic E-state index is 8.85. The van der Waals surface area contributed by atoms with Crippen LogP contribution in [-0.2, 0) is 4.74 Å². The minimum Gasteiger partial charge on any atom is -0.395 e. The molecular formula is C11H24N2O2. The number of aliphatic hydroxyl groups is 1. The number of β-amino-alcohol motifs (C(OH)–C–C–N with tert-alkyl or cyclic N) is 1. The quantitative estimate of drug-likeness (QED) is 0.610. The average molecular weight is 216 g/mol. The van der Waals surface area contributed by atoms with Crippen LogP contribution in [0.4, 0.5) is 0 Å². The molecular weight excluding hydrogens is 192 g/mol. The third kappa shape index (κ3) is 3.41. The molecule has 1 heterocycles. The molecule has 1 fully saturated rings. The minimum atomic E-state index is -0.0318. The highest BCUT2D eigenvalue weighted by Crippen LogP contribution is 2.27. The molecule has 1 rings (SSSR count). The van der Waals surface area contributed by atoms with E-state index in [1.165, 1.54) is 0 Å². The van der Waals surface area contributed by atoms with Crippen LogP contribution in [0.3, 0.4) is 0 Å². The lowest BCUT2D eigenvalue weighted by Gasteiger charge is -2.42. The number of nitrogens with one attached hydrogen (secondary N) is 1. The van der Waals surface area contributed by atoms with Crippen molar-refractivity contribution in [3.8, 4) is 0 Å². The fourth-order valence-electron chi connectivity index (χ4n) is 2.12. The number of hydrogen-bond acceptors (Lipinski definition) is 4. The fourth-order valence-corrected chi connectivity index (χ4v) is 2.12. The van der Waals surface area contributed by atoms with Crippen molar-refractivity contribution in [2.75, 3.05) is 26.3 Å². The third-order valence-corrected chi connectivity index (χ3v) is 3.25. The van der Waals surface area contributed by atoms with Gasteiger partial charge in [0.2, 0.25) is 0 Å². The van der Waals surface area contributed by atoms with Gasteiger partial charge in [-0.25, -0.2) is 0 Å². The smallest absolute Gasteiger partial charge is 0.0616 e. The van der Waals surface area contributed by atoms with Crippen LogP contribution < -0.4 is 11.1 Å². The average Bonchev–Trinajstić information content (AvgIpc) is 2.26. The van der Waals surface area contributed by atoms with Gasteiger partial charge in [0.1, 0.15) is 0 Å². The van der Waals surface area contributed by atoms with E-state index in [9.17, 15) is 0 Å². The number of aliphatic hydroxyl groups excluding tert-OH is 1. The van der Waals surface area contributed by atoms with Gasteiger partial charge in [0.05, 0.1) is 12.7 Å². The Morgan fingerprint density at radius 1 is 1.60 bits per heavy atom. The van der Waals surface area contributed by atoms with E-state index in [4.69, 9.17) is 15.6 Å². The Morgan fingerprint density at radius 2 is 2.33 bits per heavy atom. The normalized spacial score (nSPS) is 32.2. The van der Waals surface area contributed by atoms with Crippen LogP contribution in [0.25, 0.3) is 0 Å². The van der Waals surface area contributed by atoms with E-state index >= 15 is 0 Å². The summed E-state index contributed by atoms with van der Waals surface area (Å²) in [5.74, 6) is 0.521. The summed E-state index contributed by atoms with van der Waals surface area (Å²) < 4.78 is 5.72. The lowest BCUT2D eigenvalue weighted by atomic mass is 9.83. The molecule has 0 bridgehead atoms. The number of ether oxygens (including phenoxy) is 1. The second kappa shape index (κ2) is 5.80. The lowest BCUT2D eigenvalue weighted by Crippen LogP contribution is -2.57. The second-order valence-electron chi connectivity index (χ2n) is 4.74. The number of rotatable bonds is 5. The molecule has 0 spiro atoms. The maximum atomic E-state index is 8.85. The zero-order valence-electron chi connectivity index (χ0n) is 9.83. The predicted molar refractivity (Wildman–Crippen MR) is 60.7 cm³/mol. The molecule has 0 aromatic heterocycles. The van der Waals surface area contributed by atoms with Crippen molar-refractivity contribution in [3.63, 3.8) is 0 Å². The summed E-state index contributed by atoms with van der Waals surface area (Å²) in [6.07, 6.45) is 2.17. The largest absolute Gasteiger partial charge is 0.395 e. The van der Waals surface area contributed by atoms with Crippen molar-refractivity contribution in [2.24, 2.45) is 11.7 Å². The van der Waals surface area contributed by atoms with Crippen LogP contribution in [0.2, 0.25) is 0 Å². The Labute approximate surface area is 92.2 Å². The van der Waals surface area contributed by atoms with Crippen LogP contribution in [0, 0.1) is 5.92 Å². The molecule has 1 aliphatic heterocycles. The van der Waals surface area contributed by atoms with E-state index < -0.39 is 0 Å². The lowest BCUT2D eigenvalue weighted by molar-refractivity contribution is -0.0499. The van der Waals surface area contributed by atoms with Crippen molar-refractivity contribution in [1.82, 2.24) is 5.32 Å². The van der Waals surface area contributed by atoms with Gasteiger partial charge in [-0.05, 0) is 18.8 Å². The van der Waals surface area contributed by atoms with Crippen LogP contribution in [0.15, 0.2) is 0 Å². The molecule has 90 valence electrons. The van der Waals surface area contributed by atoms with Gasteiger partial charge in [-0.1, -0.05) is 13.8 Å². The molecule has 0 aromatic rings. The van der Waals surface area contributed by atoms with Crippen molar-refractivity contribution >= 4 is 0 Å². The Hall–Kier alpha value is -0.160. The summed E-state index contributed by atoms with van der Waals surface area (Å²) in [6.45, 7) is 6.49. The topological polar surface area (TPSA) is 67.5 Å². The molecule has 15 heavy (non-hydrogen) atoms. The van der Waals surface area contributed by atoms with Crippen molar-refractivity contribution < 1.29 is 9.84 Å². The molecule has 0 aliphatic carbocycles. The SMILES string of the molecule is CC(C)C1CC(CN)(NCCO)CCO1. The van der Waals surface area contributed by atoms with Crippen LogP contribution >= 0.6 is 0 Å². The van der Waals surface area contributed by atoms with Gasteiger partial charge >= 0.3 is 0 Å². The highest BCUT2D eigenvalue weighted by molar-refractivity contribution is 4.94. The molecule has 0 radical (unpaired) electrons. The summed E-state index contributed by atoms with van der Waals surface area (Å²) in [7, 11) is 0. The minimum absolute atomic E-state index is 0.0318. The molecule has 2 atom stereocenters. The van der Waals surface area contributed by atoms with Gasteiger partial charge in [-0.3, -0.25) is 0 Å². The molecule has 0 aromatic carbocycles. The standard InChI is InChI=1S/C11H24N2O2/c1-9(2)10-7-11(8-12,3-6-15-10)13-4-5-14/h9-10,13-14H,3-8,12H2,1-2H3. The Morgan fingerprint density at radius 3 is 2.87 bits per heavy atom. The molecule has 4 heteroatoms. The fraction of sp³-hybridized carbons (Fsp3) is 1.00. The highest BCUT2D eigenvalue weighted by Gasteiger charge is 2.36. The Kier molecular flexibility index (Phi) is 4.99. The first-order valence-corrected chi connectivity index (χ1v) is 5.81. The predicted octanol–water partition coefficient (Wildman–Crippen LogP) is 0.101. The molecule has 1 aliphatic rings. The van der Waals surface area contributed by atoms with Crippen molar-refractivity contribution in [1.29, 1.82) is 0 Å². The molecule has 1 saturated heterocycles. The van der Waals surface area contributed by atoms with Crippen LogP contribution in [0.5, 0.6) is 0 Å². The van der Waals surface area contributed by atoms with Gasteiger partial charge in [0.15, 0.2) is 0 Å². The number of hydrogen-bond donors (Lipinski definition) is 3. The van der Waals surface area contributed by atoms with E-state index in [0.717, 1.165) is 19.4 Å². The number of nitrogens with two attached hydrogens (primary N) is 1. The Bertz CT molecular complexity index is 187. The van der Waals surface area contributed by atoms with Crippen LogP contribution in [0.1, 0.15) is 26.7 Å². The second-order valence-corrected chi connectivity index (χ2v) is 4.74. The van der Waals surface area contributed by atoms with E-state index in [-0.39, 0.29) is 18.2 Å². The molecule has 4 N–H and O–H groups in total. The summed E-state index contributed by atoms with van der Waals surface area (Å²) in [5, 5.41) is 12.2. The molecule has 2 unspecified atom stereocenters. The highest BCUT2D eigenvalue weighted by atomic mass is 16.5. The van der Waals surface area contributed by atoms with E-state index in [1.54, 1.807) is 0 Å². The zero-order chi connectivity index (χ0) is 11.3. The summed E-state index contributed by atoms with van der Waals surface area (Å²) >= 11 is 0.